The first kappa shape index (κ1) is 27.7. The fourth-order valence-electron chi connectivity index (χ4n) is 4.46. The summed E-state index contributed by atoms with van der Waals surface area (Å²) in [6.45, 7) is 4.18. The van der Waals surface area contributed by atoms with Crippen LogP contribution in [0.1, 0.15) is 42.6 Å². The van der Waals surface area contributed by atoms with Crippen molar-refractivity contribution < 1.29 is 37.0 Å². The van der Waals surface area contributed by atoms with E-state index in [1.165, 1.54) is 12.1 Å². The van der Waals surface area contributed by atoms with Crippen molar-refractivity contribution in [2.24, 2.45) is 0 Å². The van der Waals surface area contributed by atoms with Crippen molar-refractivity contribution in [2.45, 2.75) is 39.5 Å². The summed E-state index contributed by atoms with van der Waals surface area (Å²) in [4.78, 5) is 26.7. The number of carbonyl (C=O) groups is 1. The van der Waals surface area contributed by atoms with Crippen molar-refractivity contribution in [1.29, 1.82) is 0 Å². The van der Waals surface area contributed by atoms with Gasteiger partial charge in [0.1, 0.15) is 17.7 Å². The van der Waals surface area contributed by atoms with Gasteiger partial charge in [-0.1, -0.05) is 18.2 Å². The number of benzene rings is 2. The van der Waals surface area contributed by atoms with Crippen LogP contribution < -0.4 is 14.2 Å². The second kappa shape index (κ2) is 11.6. The van der Waals surface area contributed by atoms with Gasteiger partial charge in [0.25, 0.3) is 14.2 Å². The molecule has 1 unspecified atom stereocenters. The van der Waals surface area contributed by atoms with Crippen molar-refractivity contribution in [2.75, 3.05) is 20.8 Å². The van der Waals surface area contributed by atoms with Crippen molar-refractivity contribution >= 4 is 19.8 Å². The van der Waals surface area contributed by atoms with Crippen LogP contribution in [0, 0.1) is 12.7 Å². The van der Waals surface area contributed by atoms with Crippen molar-refractivity contribution in [3.05, 3.63) is 83.2 Å². The highest BCUT2D eigenvalue weighted by atomic mass is 31.2. The molecular weight excluding hydrogens is 512 g/mol. The highest BCUT2D eigenvalue weighted by Crippen LogP contribution is 2.37. The molecule has 1 amide bonds. The Morgan fingerprint density at radius 2 is 1.95 bits per heavy atom. The summed E-state index contributed by atoms with van der Waals surface area (Å²) in [6, 6.07) is 11.7. The largest absolute Gasteiger partial charge is 0.756 e. The number of hydrogen-bond acceptors (Lipinski definition) is 6. The molecule has 0 saturated carbocycles. The summed E-state index contributed by atoms with van der Waals surface area (Å²) in [5.74, 6) is 0.236. The molecule has 11 heteroatoms. The summed E-state index contributed by atoms with van der Waals surface area (Å²) in [6.07, 6.45) is 6.89. The molecule has 9 nitrogen and oxygen atoms in total. The lowest BCUT2D eigenvalue weighted by atomic mass is 9.97. The van der Waals surface area contributed by atoms with Crippen LogP contribution in [0.4, 0.5) is 4.39 Å². The molecule has 2 atom stereocenters. The molecular formula is C27H31FN3O6P. The van der Waals surface area contributed by atoms with E-state index in [-0.39, 0.29) is 24.5 Å². The third kappa shape index (κ3) is 6.22. The van der Waals surface area contributed by atoms with Crippen LogP contribution in [0.3, 0.4) is 0 Å². The average molecular weight is 544 g/mol. The summed E-state index contributed by atoms with van der Waals surface area (Å²) in [5, 5.41) is 0. The number of carbonyl (C=O) groups excluding carboxylic acids is 1. The molecule has 1 fully saturated rings. The van der Waals surface area contributed by atoms with Crippen LogP contribution in [-0.4, -0.2) is 36.1 Å². The molecule has 2 heterocycles. The zero-order chi connectivity index (χ0) is 27.4. The normalized spacial score (nSPS) is 17.5. The molecule has 202 valence electrons. The molecule has 1 aliphatic heterocycles. The van der Waals surface area contributed by atoms with E-state index in [1.54, 1.807) is 34.7 Å². The predicted octanol–water partition coefficient (Wildman–Crippen LogP) is 4.08. The van der Waals surface area contributed by atoms with Gasteiger partial charge in [-0.25, -0.2) is 8.96 Å². The molecule has 2 aromatic carbocycles. The number of phosphoric ester groups is 1. The number of rotatable bonds is 9. The van der Waals surface area contributed by atoms with Gasteiger partial charge >= 0.3 is 0 Å². The summed E-state index contributed by atoms with van der Waals surface area (Å²) in [5.41, 5.74) is 3.90. The Morgan fingerprint density at radius 1 is 1.21 bits per heavy atom. The first-order chi connectivity index (χ1) is 18.1. The Bertz CT molecular complexity index is 1390. The number of nitrogens with zero attached hydrogens (tertiary/aromatic N) is 3. The number of methoxy groups -OCH3 is 1. The smallest absolute Gasteiger partial charge is 0.270 e. The minimum Gasteiger partial charge on any atom is -0.756 e. The lowest BCUT2D eigenvalue weighted by Gasteiger charge is -2.34. The maximum Gasteiger partial charge on any atom is 0.270 e. The zero-order valence-corrected chi connectivity index (χ0v) is 22.7. The number of imidazole rings is 1. The number of halogens is 1. The molecule has 38 heavy (non-hydrogen) atoms. The second-order valence-corrected chi connectivity index (χ2v) is 10.6. The molecule has 4 rings (SSSR count). The molecule has 0 bridgehead atoms. The molecule has 0 radical (unpaired) electrons. The third-order valence-corrected chi connectivity index (χ3v) is 7.52. The second-order valence-electron chi connectivity index (χ2n) is 9.08. The quantitative estimate of drug-likeness (QED) is 0.229. The molecule has 1 aliphatic rings. The Kier molecular flexibility index (Phi) is 8.47. The summed E-state index contributed by atoms with van der Waals surface area (Å²) in [7, 11) is -1.75. The fraction of sp³-hybridized carbons (Fsp3) is 0.333. The van der Waals surface area contributed by atoms with E-state index >= 15 is 0 Å². The van der Waals surface area contributed by atoms with Crippen LogP contribution in [-0.2, 0) is 25.1 Å². The molecule has 1 aromatic heterocycles. The number of amides is 1. The van der Waals surface area contributed by atoms with Crippen LogP contribution in [0.5, 0.6) is 5.75 Å². The lowest BCUT2D eigenvalue weighted by molar-refractivity contribution is -0.596. The van der Waals surface area contributed by atoms with Gasteiger partial charge in [0.2, 0.25) is 5.91 Å². The Morgan fingerprint density at radius 3 is 2.63 bits per heavy atom. The maximum atomic E-state index is 13.3. The summed E-state index contributed by atoms with van der Waals surface area (Å²) >= 11 is 0. The highest BCUT2D eigenvalue weighted by molar-refractivity contribution is 7.45. The Balaban J connectivity index is 1.55. The highest BCUT2D eigenvalue weighted by Gasteiger charge is 2.28. The lowest BCUT2D eigenvalue weighted by Crippen LogP contribution is -2.38. The van der Waals surface area contributed by atoms with E-state index in [0.29, 0.717) is 24.3 Å². The molecule has 0 spiro atoms. The van der Waals surface area contributed by atoms with Crippen LogP contribution in [0.25, 0.3) is 11.8 Å². The van der Waals surface area contributed by atoms with Gasteiger partial charge in [0, 0.05) is 26.2 Å². The van der Waals surface area contributed by atoms with E-state index in [1.807, 2.05) is 49.2 Å². The number of phosphoric acid groups is 1. The van der Waals surface area contributed by atoms with Gasteiger partial charge < -0.3 is 19.1 Å². The number of hydrogen-bond donors (Lipinski definition) is 0. The number of aryl methyl sites for hydroxylation is 1. The first-order valence-electron chi connectivity index (χ1n) is 12.2. The Labute approximate surface area is 221 Å². The van der Waals surface area contributed by atoms with Crippen molar-refractivity contribution in [3.8, 4) is 11.4 Å². The van der Waals surface area contributed by atoms with Gasteiger partial charge in [-0.2, -0.15) is 4.57 Å². The monoisotopic (exact) mass is 543 g/mol. The number of aromatic nitrogens is 2. The predicted molar refractivity (Wildman–Crippen MR) is 137 cm³/mol. The molecule has 1 saturated heterocycles. The van der Waals surface area contributed by atoms with Gasteiger partial charge in [0.05, 0.1) is 13.2 Å². The van der Waals surface area contributed by atoms with E-state index in [4.69, 9.17) is 9.26 Å². The van der Waals surface area contributed by atoms with Gasteiger partial charge in [-0.3, -0.25) is 13.9 Å². The van der Waals surface area contributed by atoms with Gasteiger partial charge in [-0.15, -0.1) is 0 Å². The minimum absolute atomic E-state index is 0.0371. The van der Waals surface area contributed by atoms with E-state index in [9.17, 15) is 18.6 Å². The van der Waals surface area contributed by atoms with Crippen LogP contribution in [0.2, 0.25) is 0 Å². The topological polar surface area (TPSA) is 96.9 Å². The van der Waals surface area contributed by atoms with Crippen LogP contribution in [0.15, 0.2) is 60.6 Å². The maximum absolute atomic E-state index is 13.3. The average Bonchev–Trinajstić information content (AvgIpc) is 3.28. The van der Waals surface area contributed by atoms with E-state index in [2.05, 4.69) is 4.52 Å². The first-order valence-corrected chi connectivity index (χ1v) is 13.6. The summed E-state index contributed by atoms with van der Waals surface area (Å²) < 4.78 is 43.1. The minimum atomic E-state index is -4.35. The zero-order valence-electron chi connectivity index (χ0n) is 21.8. The van der Waals surface area contributed by atoms with Gasteiger partial charge in [-0.05, 0) is 61.2 Å². The Hall–Kier alpha value is -3.30. The fourth-order valence-corrected chi connectivity index (χ4v) is 4.83. The third-order valence-electron chi connectivity index (χ3n) is 6.64. The molecule has 0 aliphatic carbocycles. The number of ether oxygens (including phenoxy) is 1. The van der Waals surface area contributed by atoms with E-state index < -0.39 is 7.82 Å². The number of piperidine rings is 1. The number of likely N-dealkylation sites (tertiary alicyclic amines) is 1. The SMILES string of the molecule is COc1cc(/C=C2\CCCN([C@@H](C)c3ccc(F)cc3)C2=O)ccc1-[n+]1cc(C)n(COP(=O)([O-])OC)c1. The van der Waals surface area contributed by atoms with Crippen molar-refractivity contribution in [1.82, 2.24) is 9.47 Å². The standard InChI is InChI=1S/C27H31FN3O6P/c1-19-16-29(17-30(19)18-37-38(33,34)36-4)25-12-7-21(15-26(25)35-3)14-23-6-5-13-31(27(23)32)20(2)22-8-10-24(28)11-9-22/h7-12,14-17,20H,5-6,13,18H2,1-4H3/b23-14+/t20-/m0/s1. The van der Waals surface area contributed by atoms with Crippen LogP contribution >= 0.6 is 7.82 Å². The molecule has 3 aromatic rings. The molecule has 0 N–H and O–H groups in total. The van der Waals surface area contributed by atoms with Crippen molar-refractivity contribution in [3.63, 3.8) is 0 Å². The van der Waals surface area contributed by atoms with Gasteiger partial charge in [0.15, 0.2) is 18.2 Å². The van der Waals surface area contributed by atoms with E-state index in [0.717, 1.165) is 36.0 Å².